The molecule has 3 aromatic rings. The van der Waals surface area contributed by atoms with Crippen molar-refractivity contribution in [3.8, 4) is 6.07 Å². The molecule has 6 nitrogen and oxygen atoms in total. The predicted octanol–water partition coefficient (Wildman–Crippen LogP) is 5.28. The maximum atomic E-state index is 10.6. The summed E-state index contributed by atoms with van der Waals surface area (Å²) < 4.78 is 1.70. The minimum atomic E-state index is -0.339. The van der Waals surface area contributed by atoms with E-state index < -0.39 is 0 Å². The van der Waals surface area contributed by atoms with Crippen molar-refractivity contribution in [3.05, 3.63) is 35.8 Å². The van der Waals surface area contributed by atoms with Crippen LogP contribution in [0.2, 0.25) is 0 Å². The lowest BCUT2D eigenvalue weighted by Gasteiger charge is -2.09. The van der Waals surface area contributed by atoms with Gasteiger partial charge >= 0.3 is 0 Å². The normalized spacial score (nSPS) is 13.4. The van der Waals surface area contributed by atoms with Gasteiger partial charge in [0.15, 0.2) is 14.5 Å². The predicted molar refractivity (Wildman–Crippen MR) is 112 cm³/mol. The number of hydrogen-bond acceptors (Lipinski definition) is 8. The van der Waals surface area contributed by atoms with Gasteiger partial charge in [0.2, 0.25) is 0 Å². The van der Waals surface area contributed by atoms with E-state index in [1.165, 1.54) is 23.1 Å². The fraction of sp³-hybridized carbons (Fsp3) is 0.333. The molecule has 0 radical (unpaired) electrons. The number of unbranched alkanes of at least 4 members (excludes halogenated alkanes) is 1. The molecule has 0 aliphatic heterocycles. The lowest BCUT2D eigenvalue weighted by atomic mass is 10.2. The number of fused-ring (bicyclic) bond motifs is 1. The van der Waals surface area contributed by atoms with Gasteiger partial charge in [-0.25, -0.2) is 4.98 Å². The van der Waals surface area contributed by atoms with E-state index in [1.807, 2.05) is 31.2 Å². The molecule has 1 unspecified atom stereocenters. The lowest BCUT2D eigenvalue weighted by molar-refractivity contribution is 0.402. The Morgan fingerprint density at radius 2 is 2.11 bits per heavy atom. The summed E-state index contributed by atoms with van der Waals surface area (Å²) in [4.78, 5) is 7.50. The quantitative estimate of drug-likeness (QED) is 0.223. The van der Waals surface area contributed by atoms with Gasteiger partial charge in [-0.15, -0.1) is 10.2 Å². The van der Waals surface area contributed by atoms with E-state index >= 15 is 0 Å². The standard InChI is InChI=1S/C18H19N5OS3/c1-3-4-9-25-17-22-23-18(27-17)26-11(2)15(24)12(10-19)16-20-13-7-5-6-8-14(13)21-16/h5-8,11,24H,3-4,9H2,1-2H3,(H,20,21)/b15-12-. The van der Waals surface area contributed by atoms with Crippen LogP contribution < -0.4 is 0 Å². The van der Waals surface area contributed by atoms with Crippen LogP contribution in [0, 0.1) is 11.3 Å². The van der Waals surface area contributed by atoms with Gasteiger partial charge < -0.3 is 10.1 Å². The molecule has 0 fully saturated rings. The van der Waals surface area contributed by atoms with E-state index in [0.29, 0.717) is 5.82 Å². The smallest absolute Gasteiger partial charge is 0.175 e. The minimum absolute atomic E-state index is 0.0167. The molecule has 1 aromatic carbocycles. The molecule has 1 atom stereocenters. The van der Waals surface area contributed by atoms with Crippen molar-refractivity contribution in [1.82, 2.24) is 20.2 Å². The zero-order chi connectivity index (χ0) is 19.2. The number of benzene rings is 1. The first-order chi connectivity index (χ1) is 13.1. The Morgan fingerprint density at radius 3 is 2.85 bits per heavy atom. The molecule has 27 heavy (non-hydrogen) atoms. The highest BCUT2D eigenvalue weighted by Crippen LogP contribution is 2.34. The number of para-hydroxylation sites is 2. The Balaban J connectivity index is 1.75. The number of aromatic nitrogens is 4. The second kappa shape index (κ2) is 9.26. The minimum Gasteiger partial charge on any atom is -0.510 e. The molecular formula is C18H19N5OS3. The summed E-state index contributed by atoms with van der Waals surface area (Å²) in [6.45, 7) is 4.00. The maximum Gasteiger partial charge on any atom is 0.175 e. The topological polar surface area (TPSA) is 98.5 Å². The molecule has 140 valence electrons. The number of aliphatic hydroxyl groups is 1. The van der Waals surface area contributed by atoms with Crippen LogP contribution in [0.5, 0.6) is 0 Å². The van der Waals surface area contributed by atoms with E-state index in [1.54, 1.807) is 11.8 Å². The summed E-state index contributed by atoms with van der Waals surface area (Å²) in [5.74, 6) is 1.38. The van der Waals surface area contributed by atoms with E-state index in [9.17, 15) is 10.4 Å². The molecule has 3 rings (SSSR count). The largest absolute Gasteiger partial charge is 0.510 e. The van der Waals surface area contributed by atoms with Gasteiger partial charge in [-0.05, 0) is 25.5 Å². The van der Waals surface area contributed by atoms with Crippen molar-refractivity contribution < 1.29 is 5.11 Å². The van der Waals surface area contributed by atoms with Crippen molar-refractivity contribution in [2.75, 3.05) is 5.75 Å². The Labute approximate surface area is 170 Å². The summed E-state index contributed by atoms with van der Waals surface area (Å²) >= 11 is 4.60. The molecule has 0 spiro atoms. The average Bonchev–Trinajstić information content (AvgIpc) is 3.29. The summed E-state index contributed by atoms with van der Waals surface area (Å²) in [7, 11) is 0. The second-order valence-corrected chi connectivity index (χ2v) is 9.68. The number of rotatable bonds is 8. The van der Waals surface area contributed by atoms with Crippen LogP contribution in [-0.4, -0.2) is 36.3 Å². The molecule has 9 heteroatoms. The molecular weight excluding hydrogens is 398 g/mol. The Kier molecular flexibility index (Phi) is 6.77. The van der Waals surface area contributed by atoms with E-state index in [4.69, 9.17) is 0 Å². The number of thioether (sulfide) groups is 2. The van der Waals surface area contributed by atoms with Gasteiger partial charge in [0.25, 0.3) is 0 Å². The van der Waals surface area contributed by atoms with Crippen LogP contribution in [0.15, 0.2) is 38.7 Å². The summed E-state index contributed by atoms with van der Waals surface area (Å²) in [6.07, 6.45) is 2.30. The third kappa shape index (κ3) is 4.83. The van der Waals surface area contributed by atoms with Crippen molar-refractivity contribution >= 4 is 51.5 Å². The first-order valence-electron chi connectivity index (χ1n) is 8.53. The monoisotopic (exact) mass is 417 g/mol. The third-order valence-electron chi connectivity index (χ3n) is 3.77. The van der Waals surface area contributed by atoms with Crippen LogP contribution in [0.4, 0.5) is 0 Å². The van der Waals surface area contributed by atoms with E-state index in [2.05, 4.69) is 33.2 Å². The first-order valence-corrected chi connectivity index (χ1v) is 11.2. The summed E-state index contributed by atoms with van der Waals surface area (Å²) in [6, 6.07) is 9.59. The molecule has 0 amide bonds. The lowest BCUT2D eigenvalue weighted by Crippen LogP contribution is -2.04. The van der Waals surface area contributed by atoms with Crippen molar-refractivity contribution in [1.29, 1.82) is 5.26 Å². The molecule has 2 aromatic heterocycles. The van der Waals surface area contributed by atoms with Gasteiger partial charge in [-0.2, -0.15) is 5.26 Å². The SMILES string of the molecule is CCCCSc1nnc(SC(C)/C(O)=C(\C#N)c2nc3ccccc3[nH]2)s1. The number of imidazole rings is 1. The highest BCUT2D eigenvalue weighted by atomic mass is 32.2. The zero-order valence-electron chi connectivity index (χ0n) is 15.0. The number of aliphatic hydroxyl groups excluding tert-OH is 1. The van der Waals surface area contributed by atoms with Gasteiger partial charge in [-0.1, -0.05) is 60.3 Å². The Bertz CT molecular complexity index is 955. The van der Waals surface area contributed by atoms with Crippen LogP contribution in [0.3, 0.4) is 0 Å². The third-order valence-corrected chi connectivity index (χ3v) is 7.10. The van der Waals surface area contributed by atoms with Crippen LogP contribution in [0.25, 0.3) is 16.6 Å². The van der Waals surface area contributed by atoms with Crippen molar-refractivity contribution in [2.45, 2.75) is 40.6 Å². The molecule has 0 saturated heterocycles. The molecule has 0 aliphatic carbocycles. The molecule has 0 aliphatic rings. The van der Waals surface area contributed by atoms with Gasteiger partial charge in [0.1, 0.15) is 17.4 Å². The first kappa shape index (κ1) is 19.7. The fourth-order valence-corrected chi connectivity index (χ4v) is 5.70. The molecule has 0 saturated carbocycles. The number of allylic oxidation sites excluding steroid dienone is 1. The van der Waals surface area contributed by atoms with Gasteiger partial charge in [0, 0.05) is 5.75 Å². The summed E-state index contributed by atoms with van der Waals surface area (Å²) in [5, 5.41) is 28.2. The van der Waals surface area contributed by atoms with Crippen LogP contribution >= 0.6 is 34.9 Å². The fourth-order valence-electron chi connectivity index (χ4n) is 2.32. The second-order valence-electron chi connectivity index (χ2n) is 5.77. The number of nitrogens with zero attached hydrogens (tertiary/aromatic N) is 4. The highest BCUT2D eigenvalue weighted by molar-refractivity contribution is 8.03. The number of nitrogens with one attached hydrogen (secondary N) is 1. The summed E-state index contributed by atoms with van der Waals surface area (Å²) in [5.41, 5.74) is 1.73. The average molecular weight is 418 g/mol. The van der Waals surface area contributed by atoms with E-state index in [-0.39, 0.29) is 16.6 Å². The van der Waals surface area contributed by atoms with Crippen LogP contribution in [0.1, 0.15) is 32.5 Å². The van der Waals surface area contributed by atoms with Crippen molar-refractivity contribution in [3.63, 3.8) is 0 Å². The zero-order valence-corrected chi connectivity index (χ0v) is 17.4. The van der Waals surface area contributed by atoms with Gasteiger partial charge in [0.05, 0.1) is 16.3 Å². The Morgan fingerprint density at radius 1 is 1.33 bits per heavy atom. The van der Waals surface area contributed by atoms with Crippen molar-refractivity contribution in [2.24, 2.45) is 0 Å². The van der Waals surface area contributed by atoms with E-state index in [0.717, 1.165) is 38.3 Å². The highest BCUT2D eigenvalue weighted by Gasteiger charge is 2.20. The Hall–Kier alpha value is -2.02. The number of H-pyrrole nitrogens is 1. The molecule has 2 N–H and O–H groups in total. The van der Waals surface area contributed by atoms with Crippen LogP contribution in [-0.2, 0) is 0 Å². The van der Waals surface area contributed by atoms with Gasteiger partial charge in [-0.3, -0.25) is 0 Å². The number of hydrogen-bond donors (Lipinski definition) is 2. The maximum absolute atomic E-state index is 10.6. The number of nitriles is 1. The molecule has 2 heterocycles. The number of aromatic amines is 1. The molecule has 0 bridgehead atoms.